The van der Waals surface area contributed by atoms with Crippen LogP contribution in [0.3, 0.4) is 0 Å². The summed E-state index contributed by atoms with van der Waals surface area (Å²) < 4.78 is 29.0. The first kappa shape index (κ1) is 49.5. The van der Waals surface area contributed by atoms with Crippen molar-refractivity contribution in [1.29, 1.82) is 0 Å². The third kappa shape index (κ3) is 31.8. The topological polar surface area (TPSA) is 128 Å². The lowest BCUT2D eigenvalue weighted by Crippen LogP contribution is -2.30. The molecule has 0 spiro atoms. The predicted molar refractivity (Wildman–Crippen MR) is 214 cm³/mol. The zero-order chi connectivity index (χ0) is 39.2. The second-order valence-electron chi connectivity index (χ2n) is 14.7. The first-order chi connectivity index (χ1) is 26.5. The summed E-state index contributed by atoms with van der Waals surface area (Å²) in [5, 5.41) is 8.36. The summed E-state index contributed by atoms with van der Waals surface area (Å²) in [6.07, 6.45) is 29.9. The number of ether oxygens (including phenoxy) is 5. The largest absolute Gasteiger partial charge is 0.463 e. The number of carbonyl (C=O) groups is 3. The van der Waals surface area contributed by atoms with Crippen molar-refractivity contribution in [3.8, 4) is 0 Å². The van der Waals surface area contributed by atoms with Gasteiger partial charge in [0.2, 0.25) is 0 Å². The summed E-state index contributed by atoms with van der Waals surface area (Å²) in [5.41, 5.74) is 0.621. The van der Waals surface area contributed by atoms with Crippen molar-refractivity contribution in [2.75, 3.05) is 39.6 Å². The van der Waals surface area contributed by atoms with E-state index < -0.39 is 6.10 Å². The van der Waals surface area contributed by atoms with E-state index in [2.05, 4.69) is 31.1 Å². The van der Waals surface area contributed by atoms with Gasteiger partial charge in [-0.1, -0.05) is 154 Å². The monoisotopic (exact) mass is 766 g/mol. The van der Waals surface area contributed by atoms with Crippen LogP contribution in [0.25, 0.3) is 0 Å². The van der Waals surface area contributed by atoms with Gasteiger partial charge in [0.25, 0.3) is 0 Å². The van der Waals surface area contributed by atoms with Crippen molar-refractivity contribution >= 4 is 17.9 Å². The Balaban J connectivity index is 2.44. The normalized spacial score (nSPS) is 11.8. The fourth-order valence-electron chi connectivity index (χ4n) is 6.23. The lowest BCUT2D eigenvalue weighted by atomic mass is 10.1. The van der Waals surface area contributed by atoms with Crippen LogP contribution in [0, 0.1) is 0 Å². The number of hydrogen-bond acceptors (Lipinski definition) is 10. The smallest absolute Gasteiger partial charge is 0.306 e. The molecule has 0 saturated carbocycles. The van der Waals surface area contributed by atoms with Gasteiger partial charge >= 0.3 is 17.9 Å². The van der Waals surface area contributed by atoms with Crippen LogP contribution in [0.5, 0.6) is 0 Å². The molecule has 11 heteroatoms. The van der Waals surface area contributed by atoms with Gasteiger partial charge < -0.3 is 23.7 Å². The molecule has 54 heavy (non-hydrogen) atoms. The van der Waals surface area contributed by atoms with Gasteiger partial charge in [-0.2, -0.15) is 0 Å². The molecule has 0 aliphatic carbocycles. The fourth-order valence-corrected chi connectivity index (χ4v) is 6.23. The second-order valence-corrected chi connectivity index (χ2v) is 14.7. The van der Waals surface area contributed by atoms with Crippen LogP contribution in [0.2, 0.25) is 0 Å². The number of aryl methyl sites for hydroxylation is 1. The zero-order valence-electron chi connectivity index (χ0n) is 34.8. The number of hydrogen-bond donors (Lipinski definition) is 0. The number of nitrogens with zero attached hydrogens (tertiary/aromatic N) is 3. The highest BCUT2D eigenvalue weighted by molar-refractivity contribution is 5.70. The molecule has 1 atom stereocenters. The van der Waals surface area contributed by atoms with E-state index in [1.807, 2.05) is 0 Å². The van der Waals surface area contributed by atoms with E-state index in [4.69, 9.17) is 23.7 Å². The van der Waals surface area contributed by atoms with Crippen LogP contribution in [0.15, 0.2) is 6.20 Å². The first-order valence-corrected chi connectivity index (χ1v) is 22.0. The van der Waals surface area contributed by atoms with E-state index in [0.717, 1.165) is 44.9 Å². The second kappa shape index (κ2) is 37.4. The molecule has 1 aromatic rings. The van der Waals surface area contributed by atoms with Crippen molar-refractivity contribution in [1.82, 2.24) is 15.0 Å². The minimum absolute atomic E-state index is 0.0326. The first-order valence-electron chi connectivity index (χ1n) is 22.0. The SMILES string of the molecule is CCCCCCCCCCCCCC(=O)OCC(Cn1cc(CCC(=O)OCCOCCOCCC)nn1)OC(=O)CCCCCCCCCCCCC. The van der Waals surface area contributed by atoms with Gasteiger partial charge in [0.05, 0.1) is 38.5 Å². The molecule has 1 unspecified atom stereocenters. The third-order valence-electron chi connectivity index (χ3n) is 9.47. The average molecular weight is 766 g/mol. The molecular weight excluding hydrogens is 686 g/mol. The molecule has 0 fully saturated rings. The Hall–Kier alpha value is -2.53. The van der Waals surface area contributed by atoms with Crippen LogP contribution in [-0.4, -0.2) is 78.6 Å². The molecule has 0 aliphatic rings. The third-order valence-corrected chi connectivity index (χ3v) is 9.47. The fraction of sp³-hybridized carbons (Fsp3) is 0.884. The van der Waals surface area contributed by atoms with Crippen LogP contribution >= 0.6 is 0 Å². The Morgan fingerprint density at radius 3 is 1.54 bits per heavy atom. The average Bonchev–Trinajstić information content (AvgIpc) is 3.62. The van der Waals surface area contributed by atoms with Crippen LogP contribution in [0.4, 0.5) is 0 Å². The van der Waals surface area contributed by atoms with Gasteiger partial charge in [0.15, 0.2) is 6.10 Å². The minimum atomic E-state index is -0.682. The molecule has 0 radical (unpaired) electrons. The molecular formula is C43H79N3O8. The van der Waals surface area contributed by atoms with Gasteiger partial charge in [-0.25, -0.2) is 4.68 Å². The van der Waals surface area contributed by atoms with Crippen LogP contribution < -0.4 is 0 Å². The quantitative estimate of drug-likeness (QED) is 0.0362. The summed E-state index contributed by atoms with van der Waals surface area (Å²) in [4.78, 5) is 37.6. The van der Waals surface area contributed by atoms with E-state index >= 15 is 0 Å². The number of carbonyl (C=O) groups excluding carboxylic acids is 3. The molecule has 0 aliphatic heterocycles. The van der Waals surface area contributed by atoms with E-state index in [1.54, 1.807) is 10.9 Å². The molecule has 1 heterocycles. The summed E-state index contributed by atoms with van der Waals surface area (Å²) in [5.74, 6) is -0.905. The van der Waals surface area contributed by atoms with Crippen molar-refractivity contribution in [3.05, 3.63) is 11.9 Å². The van der Waals surface area contributed by atoms with Gasteiger partial charge in [0, 0.05) is 32.1 Å². The molecule has 0 bridgehead atoms. The number of unbranched alkanes of at least 4 members (excludes halogenated alkanes) is 20. The Labute approximate surface area is 328 Å². The number of rotatable bonds is 40. The molecule has 0 aromatic carbocycles. The van der Waals surface area contributed by atoms with Crippen molar-refractivity contribution in [2.24, 2.45) is 0 Å². The van der Waals surface area contributed by atoms with E-state index in [1.165, 1.54) is 103 Å². The lowest BCUT2D eigenvalue weighted by Gasteiger charge is -2.18. The molecule has 1 rings (SSSR count). The van der Waals surface area contributed by atoms with Crippen LogP contribution in [0.1, 0.15) is 193 Å². The molecule has 0 amide bonds. The Morgan fingerprint density at radius 1 is 0.537 bits per heavy atom. The van der Waals surface area contributed by atoms with Crippen LogP contribution in [-0.2, 0) is 51.0 Å². The van der Waals surface area contributed by atoms with Gasteiger partial charge in [-0.3, -0.25) is 14.4 Å². The standard InChI is InChI=1S/C43H79N3O8/c1-4-7-9-11-13-15-17-19-21-23-25-27-41(47)53-38-40(54-43(49)28-26-24-22-20-18-16-14-12-10-8-5-2)37-46-36-39(44-45-46)29-30-42(48)52-35-34-51-33-32-50-31-6-3/h36,40H,4-35,37-38H2,1-3H3. The van der Waals surface area contributed by atoms with E-state index in [0.29, 0.717) is 51.4 Å². The molecule has 0 N–H and O–H groups in total. The van der Waals surface area contributed by atoms with E-state index in [9.17, 15) is 14.4 Å². The summed E-state index contributed by atoms with van der Waals surface area (Å²) in [6.45, 7) is 8.92. The highest BCUT2D eigenvalue weighted by Gasteiger charge is 2.19. The molecule has 0 saturated heterocycles. The maximum absolute atomic E-state index is 12.8. The number of aromatic nitrogens is 3. The minimum Gasteiger partial charge on any atom is -0.463 e. The van der Waals surface area contributed by atoms with Crippen molar-refractivity contribution in [2.45, 2.75) is 207 Å². The van der Waals surface area contributed by atoms with Gasteiger partial charge in [-0.15, -0.1) is 5.10 Å². The summed E-state index contributed by atoms with van der Waals surface area (Å²) in [6, 6.07) is 0. The molecule has 11 nitrogen and oxygen atoms in total. The van der Waals surface area contributed by atoms with Gasteiger partial charge in [0.1, 0.15) is 13.2 Å². The Morgan fingerprint density at radius 2 is 1.00 bits per heavy atom. The van der Waals surface area contributed by atoms with E-state index in [-0.39, 0.29) is 44.1 Å². The lowest BCUT2D eigenvalue weighted by molar-refractivity contribution is -0.160. The Bertz CT molecular complexity index is 1020. The van der Waals surface area contributed by atoms with Crippen molar-refractivity contribution in [3.63, 3.8) is 0 Å². The maximum Gasteiger partial charge on any atom is 0.306 e. The predicted octanol–water partition coefficient (Wildman–Crippen LogP) is 10.1. The summed E-state index contributed by atoms with van der Waals surface area (Å²) >= 11 is 0. The summed E-state index contributed by atoms with van der Waals surface area (Å²) in [7, 11) is 0. The van der Waals surface area contributed by atoms with Crippen molar-refractivity contribution < 1.29 is 38.1 Å². The number of esters is 3. The molecule has 1 aromatic heterocycles. The molecule has 314 valence electrons. The maximum atomic E-state index is 12.8. The highest BCUT2D eigenvalue weighted by atomic mass is 16.6. The Kier molecular flexibility index (Phi) is 34.3. The highest BCUT2D eigenvalue weighted by Crippen LogP contribution is 2.14. The van der Waals surface area contributed by atoms with Gasteiger partial charge in [-0.05, 0) is 19.3 Å². The zero-order valence-corrected chi connectivity index (χ0v) is 34.8.